The van der Waals surface area contributed by atoms with Gasteiger partial charge in [-0.2, -0.15) is 0 Å². The van der Waals surface area contributed by atoms with Gasteiger partial charge in [-0.15, -0.1) is 11.8 Å². The fourth-order valence-corrected chi connectivity index (χ4v) is 3.30. The number of hydrogen-bond acceptors (Lipinski definition) is 3. The van der Waals surface area contributed by atoms with Gasteiger partial charge in [0.25, 0.3) is 0 Å². The second-order valence-electron chi connectivity index (χ2n) is 5.58. The van der Waals surface area contributed by atoms with E-state index in [1.807, 2.05) is 24.3 Å². The van der Waals surface area contributed by atoms with Crippen molar-refractivity contribution in [1.29, 1.82) is 0 Å². The van der Waals surface area contributed by atoms with Crippen LogP contribution in [0.3, 0.4) is 0 Å². The Bertz CT molecular complexity index is 650. The molecule has 0 aliphatic heterocycles. The van der Waals surface area contributed by atoms with Crippen molar-refractivity contribution >= 4 is 17.7 Å². The van der Waals surface area contributed by atoms with Gasteiger partial charge in [-0.3, -0.25) is 4.79 Å². The molecule has 0 aliphatic carbocycles. The average Bonchev–Trinajstić information content (AvgIpc) is 2.52. The van der Waals surface area contributed by atoms with E-state index in [9.17, 15) is 4.79 Å². The van der Waals surface area contributed by atoms with E-state index in [1.165, 1.54) is 16.7 Å². The van der Waals surface area contributed by atoms with E-state index >= 15 is 0 Å². The van der Waals surface area contributed by atoms with Crippen molar-refractivity contribution in [2.45, 2.75) is 26.1 Å². The summed E-state index contributed by atoms with van der Waals surface area (Å²) in [4.78, 5) is 12.0. The number of methoxy groups -OCH3 is 1. The number of para-hydroxylation sites is 1. The molecule has 4 heteroatoms. The number of thioether (sulfide) groups is 1. The number of carbonyl (C=O) groups is 1. The molecule has 0 aromatic heterocycles. The smallest absolute Gasteiger partial charge is 0.230 e. The molecule has 2 aromatic rings. The molecule has 2 aromatic carbocycles. The molecule has 0 unspecified atom stereocenters. The van der Waals surface area contributed by atoms with Crippen molar-refractivity contribution in [3.63, 3.8) is 0 Å². The molecule has 0 aliphatic rings. The second kappa shape index (κ2) is 8.63. The second-order valence-corrected chi connectivity index (χ2v) is 6.56. The van der Waals surface area contributed by atoms with Crippen LogP contribution in [0.5, 0.6) is 5.75 Å². The summed E-state index contributed by atoms with van der Waals surface area (Å²) in [5, 5.41) is 2.94. The van der Waals surface area contributed by atoms with Gasteiger partial charge in [-0.05, 0) is 25.5 Å². The molecule has 0 spiro atoms. The van der Waals surface area contributed by atoms with Gasteiger partial charge in [0.1, 0.15) is 5.75 Å². The Labute approximate surface area is 142 Å². The third-order valence-electron chi connectivity index (χ3n) is 3.45. The molecule has 0 radical (unpaired) electrons. The fraction of sp³-hybridized carbons (Fsp3) is 0.316. The van der Waals surface area contributed by atoms with Crippen molar-refractivity contribution in [3.05, 3.63) is 64.7 Å². The zero-order valence-electron chi connectivity index (χ0n) is 13.9. The third kappa shape index (κ3) is 5.64. The minimum absolute atomic E-state index is 0.0466. The molecule has 0 fully saturated rings. The first-order valence-electron chi connectivity index (χ1n) is 7.62. The predicted octanol–water partition coefficient (Wildman–Crippen LogP) is 3.86. The van der Waals surface area contributed by atoms with Crippen LogP contribution < -0.4 is 10.1 Å². The van der Waals surface area contributed by atoms with E-state index < -0.39 is 0 Å². The summed E-state index contributed by atoms with van der Waals surface area (Å²) in [5.74, 6) is 2.16. The third-order valence-corrected chi connectivity index (χ3v) is 4.46. The van der Waals surface area contributed by atoms with Crippen molar-refractivity contribution in [1.82, 2.24) is 5.32 Å². The molecule has 1 N–H and O–H groups in total. The highest BCUT2D eigenvalue weighted by atomic mass is 32.2. The average molecular weight is 329 g/mol. The Balaban J connectivity index is 1.77. The summed E-state index contributed by atoms with van der Waals surface area (Å²) >= 11 is 1.63. The number of amides is 1. The largest absolute Gasteiger partial charge is 0.496 e. The lowest BCUT2D eigenvalue weighted by Gasteiger charge is -2.09. The van der Waals surface area contributed by atoms with Gasteiger partial charge in [-0.25, -0.2) is 0 Å². The molecule has 0 saturated heterocycles. The van der Waals surface area contributed by atoms with Crippen LogP contribution in [0.25, 0.3) is 0 Å². The normalized spacial score (nSPS) is 10.4. The van der Waals surface area contributed by atoms with Crippen molar-refractivity contribution in [2.75, 3.05) is 12.9 Å². The first-order chi connectivity index (χ1) is 11.1. The van der Waals surface area contributed by atoms with Crippen LogP contribution in [0.15, 0.2) is 42.5 Å². The molecule has 2 rings (SSSR count). The Morgan fingerprint density at radius 1 is 1.13 bits per heavy atom. The van der Waals surface area contributed by atoms with Crippen molar-refractivity contribution in [2.24, 2.45) is 0 Å². The van der Waals surface area contributed by atoms with E-state index in [0.29, 0.717) is 12.3 Å². The van der Waals surface area contributed by atoms with E-state index in [-0.39, 0.29) is 5.91 Å². The van der Waals surface area contributed by atoms with Gasteiger partial charge in [-0.1, -0.05) is 47.5 Å². The Kier molecular flexibility index (Phi) is 6.53. The number of benzene rings is 2. The van der Waals surface area contributed by atoms with E-state index in [2.05, 4.69) is 37.4 Å². The molecule has 0 saturated carbocycles. The molecule has 0 heterocycles. The zero-order valence-corrected chi connectivity index (χ0v) is 14.7. The van der Waals surface area contributed by atoms with Gasteiger partial charge in [0.05, 0.1) is 12.9 Å². The number of ether oxygens (including phenoxy) is 1. The quantitative estimate of drug-likeness (QED) is 0.838. The lowest BCUT2D eigenvalue weighted by molar-refractivity contribution is -0.118. The number of hydrogen-bond donors (Lipinski definition) is 1. The highest BCUT2D eigenvalue weighted by Gasteiger charge is 2.05. The van der Waals surface area contributed by atoms with Gasteiger partial charge >= 0.3 is 0 Å². The monoisotopic (exact) mass is 329 g/mol. The number of nitrogens with one attached hydrogen (secondary N) is 1. The molecule has 23 heavy (non-hydrogen) atoms. The van der Waals surface area contributed by atoms with Crippen LogP contribution in [-0.2, 0) is 17.1 Å². The molecular formula is C19H23NO2S. The Morgan fingerprint density at radius 3 is 2.52 bits per heavy atom. The maximum Gasteiger partial charge on any atom is 0.230 e. The number of rotatable bonds is 7. The summed E-state index contributed by atoms with van der Waals surface area (Å²) in [5.41, 5.74) is 4.79. The highest BCUT2D eigenvalue weighted by molar-refractivity contribution is 7.99. The Hall–Kier alpha value is -1.94. The van der Waals surface area contributed by atoms with E-state index in [1.54, 1.807) is 18.9 Å². The lowest BCUT2D eigenvalue weighted by atomic mass is 10.1. The molecule has 3 nitrogen and oxygen atoms in total. The maximum atomic E-state index is 12.0. The summed E-state index contributed by atoms with van der Waals surface area (Å²) in [6.45, 7) is 4.69. The first kappa shape index (κ1) is 17.4. The van der Waals surface area contributed by atoms with Crippen LogP contribution in [0.1, 0.15) is 22.3 Å². The molecule has 0 bridgehead atoms. The number of aryl methyl sites for hydroxylation is 2. The van der Waals surface area contributed by atoms with E-state index in [4.69, 9.17) is 4.74 Å². The first-order valence-corrected chi connectivity index (χ1v) is 8.77. The number of carbonyl (C=O) groups excluding carboxylic acids is 1. The summed E-state index contributed by atoms with van der Waals surface area (Å²) in [7, 11) is 1.64. The van der Waals surface area contributed by atoms with Gasteiger partial charge in [0.2, 0.25) is 5.91 Å². The van der Waals surface area contributed by atoms with Gasteiger partial charge < -0.3 is 10.1 Å². The lowest BCUT2D eigenvalue weighted by Crippen LogP contribution is -2.24. The van der Waals surface area contributed by atoms with Gasteiger partial charge in [0, 0.05) is 17.9 Å². The molecule has 122 valence electrons. The van der Waals surface area contributed by atoms with Crippen LogP contribution >= 0.6 is 11.8 Å². The van der Waals surface area contributed by atoms with Crippen molar-refractivity contribution in [3.8, 4) is 5.75 Å². The topological polar surface area (TPSA) is 38.3 Å². The summed E-state index contributed by atoms with van der Waals surface area (Å²) in [6.07, 6.45) is 0. The van der Waals surface area contributed by atoms with E-state index in [0.717, 1.165) is 17.1 Å². The zero-order chi connectivity index (χ0) is 16.7. The highest BCUT2D eigenvalue weighted by Crippen LogP contribution is 2.18. The standard InChI is InChI=1S/C19H23NO2S/c1-14-8-15(2)10-16(9-14)12-23-13-19(21)20-11-17-6-4-5-7-18(17)22-3/h4-10H,11-13H2,1-3H3,(H,20,21). The summed E-state index contributed by atoms with van der Waals surface area (Å²) < 4.78 is 5.28. The fourth-order valence-electron chi connectivity index (χ4n) is 2.51. The van der Waals surface area contributed by atoms with Crippen LogP contribution in [-0.4, -0.2) is 18.8 Å². The van der Waals surface area contributed by atoms with Crippen molar-refractivity contribution < 1.29 is 9.53 Å². The van der Waals surface area contributed by atoms with Crippen LogP contribution in [0, 0.1) is 13.8 Å². The Morgan fingerprint density at radius 2 is 1.83 bits per heavy atom. The molecule has 0 atom stereocenters. The predicted molar refractivity (Wildman–Crippen MR) is 96.9 cm³/mol. The SMILES string of the molecule is COc1ccccc1CNC(=O)CSCc1cc(C)cc(C)c1. The van der Waals surface area contributed by atoms with Gasteiger partial charge in [0.15, 0.2) is 0 Å². The minimum Gasteiger partial charge on any atom is -0.496 e. The molecule has 1 amide bonds. The minimum atomic E-state index is 0.0466. The summed E-state index contributed by atoms with van der Waals surface area (Å²) in [6, 6.07) is 14.2. The maximum absolute atomic E-state index is 12.0. The van der Waals surface area contributed by atoms with Crippen LogP contribution in [0.4, 0.5) is 0 Å². The van der Waals surface area contributed by atoms with Crippen LogP contribution in [0.2, 0.25) is 0 Å². The molecular weight excluding hydrogens is 306 g/mol.